The lowest BCUT2D eigenvalue weighted by molar-refractivity contribution is -0.138. The molecule has 1 heterocycles. The van der Waals surface area contributed by atoms with E-state index in [1.165, 1.54) is 0 Å². The van der Waals surface area contributed by atoms with Crippen LogP contribution in [0.1, 0.15) is 34.1 Å². The highest BCUT2D eigenvalue weighted by atomic mass is 32.2. The summed E-state index contributed by atoms with van der Waals surface area (Å²) < 4.78 is 0. The van der Waals surface area contributed by atoms with Crippen LogP contribution in [0.15, 0.2) is 0 Å². The number of carbonyl (C=O) groups is 2. The average molecular weight is 258 g/mol. The zero-order valence-electron chi connectivity index (χ0n) is 11.1. The topological polar surface area (TPSA) is 49.4 Å². The van der Waals surface area contributed by atoms with Crippen LogP contribution >= 0.6 is 11.8 Å². The van der Waals surface area contributed by atoms with Crippen molar-refractivity contribution in [3.63, 3.8) is 0 Å². The summed E-state index contributed by atoms with van der Waals surface area (Å²) in [5.41, 5.74) is -0.779. The van der Waals surface area contributed by atoms with Crippen molar-refractivity contribution in [2.45, 2.75) is 45.7 Å². The van der Waals surface area contributed by atoms with E-state index in [1.807, 2.05) is 23.6 Å². The zero-order chi connectivity index (χ0) is 13.1. The summed E-state index contributed by atoms with van der Waals surface area (Å²) in [5, 5.41) is 2.77. The van der Waals surface area contributed by atoms with Crippen LogP contribution in [-0.4, -0.2) is 46.3 Å². The quantitative estimate of drug-likeness (QED) is 0.826. The third kappa shape index (κ3) is 3.63. The molecule has 0 aliphatic carbocycles. The Morgan fingerprint density at radius 2 is 2.12 bits per heavy atom. The highest BCUT2D eigenvalue weighted by Gasteiger charge is 2.37. The van der Waals surface area contributed by atoms with Crippen molar-refractivity contribution in [3.8, 4) is 0 Å². The minimum absolute atomic E-state index is 0.0209. The summed E-state index contributed by atoms with van der Waals surface area (Å²) in [6.07, 6.45) is 0.399. The Balaban J connectivity index is 2.76. The van der Waals surface area contributed by atoms with Crippen LogP contribution in [0.4, 0.5) is 0 Å². The van der Waals surface area contributed by atoms with Gasteiger partial charge in [-0.25, -0.2) is 0 Å². The zero-order valence-corrected chi connectivity index (χ0v) is 11.9. The van der Waals surface area contributed by atoms with Crippen LogP contribution in [0.25, 0.3) is 0 Å². The number of hydrogen-bond donors (Lipinski definition) is 1. The van der Waals surface area contributed by atoms with E-state index in [0.29, 0.717) is 13.0 Å². The van der Waals surface area contributed by atoms with E-state index in [2.05, 4.69) is 12.2 Å². The minimum Gasteiger partial charge on any atom is -0.342 e. The smallest absolute Gasteiger partial charge is 0.248 e. The Labute approximate surface area is 108 Å². The van der Waals surface area contributed by atoms with E-state index in [9.17, 15) is 9.59 Å². The molecular weight excluding hydrogens is 236 g/mol. The van der Waals surface area contributed by atoms with Gasteiger partial charge in [-0.1, -0.05) is 6.92 Å². The van der Waals surface area contributed by atoms with Gasteiger partial charge in [0.1, 0.15) is 5.54 Å². The Kier molecular flexibility index (Phi) is 4.86. The van der Waals surface area contributed by atoms with Gasteiger partial charge in [0.25, 0.3) is 0 Å². The molecule has 1 aliphatic heterocycles. The second-order valence-electron chi connectivity index (χ2n) is 4.93. The molecule has 0 bridgehead atoms. The van der Waals surface area contributed by atoms with Gasteiger partial charge in [-0.15, -0.1) is 0 Å². The lowest BCUT2D eigenvalue weighted by Gasteiger charge is -2.33. The average Bonchev–Trinajstić information content (AvgIpc) is 2.34. The van der Waals surface area contributed by atoms with Gasteiger partial charge >= 0.3 is 0 Å². The maximum absolute atomic E-state index is 12.3. The highest BCUT2D eigenvalue weighted by Crippen LogP contribution is 2.18. The molecule has 1 saturated heterocycles. The van der Waals surface area contributed by atoms with Crippen molar-refractivity contribution < 1.29 is 9.59 Å². The molecule has 1 rings (SSSR count). The molecule has 17 heavy (non-hydrogen) atoms. The summed E-state index contributed by atoms with van der Waals surface area (Å²) in [5.74, 6) is 1.95. The minimum atomic E-state index is -0.779. The Morgan fingerprint density at radius 1 is 1.47 bits per heavy atom. The third-order valence-electron chi connectivity index (χ3n) is 2.92. The molecule has 0 aromatic heterocycles. The molecule has 98 valence electrons. The monoisotopic (exact) mass is 258 g/mol. The van der Waals surface area contributed by atoms with Crippen LogP contribution < -0.4 is 5.32 Å². The van der Waals surface area contributed by atoms with Crippen molar-refractivity contribution in [2.24, 2.45) is 0 Å². The number of carbonyl (C=O) groups excluding carboxylic acids is 2. The SMILES string of the molecule is CCSCC(C)N1CCC(=O)NC(C)(C)C1=O. The van der Waals surface area contributed by atoms with Crippen LogP contribution in [0, 0.1) is 0 Å². The highest BCUT2D eigenvalue weighted by molar-refractivity contribution is 7.99. The number of thioether (sulfide) groups is 1. The van der Waals surface area contributed by atoms with Crippen LogP contribution in [0.5, 0.6) is 0 Å². The summed E-state index contributed by atoms with van der Waals surface area (Å²) in [4.78, 5) is 25.7. The van der Waals surface area contributed by atoms with Crippen molar-refractivity contribution >= 4 is 23.6 Å². The molecule has 0 saturated carbocycles. The van der Waals surface area contributed by atoms with Crippen molar-refractivity contribution in [2.75, 3.05) is 18.1 Å². The van der Waals surface area contributed by atoms with Gasteiger partial charge in [-0.05, 0) is 26.5 Å². The fourth-order valence-corrected chi connectivity index (χ4v) is 2.70. The molecule has 2 amide bonds. The van der Waals surface area contributed by atoms with Crippen LogP contribution in [-0.2, 0) is 9.59 Å². The fraction of sp³-hybridized carbons (Fsp3) is 0.833. The van der Waals surface area contributed by atoms with E-state index in [4.69, 9.17) is 0 Å². The maximum Gasteiger partial charge on any atom is 0.248 e. The van der Waals surface area contributed by atoms with Crippen molar-refractivity contribution in [1.82, 2.24) is 10.2 Å². The van der Waals surface area contributed by atoms with E-state index < -0.39 is 5.54 Å². The lowest BCUT2D eigenvalue weighted by Crippen LogP contribution is -2.55. The molecule has 5 heteroatoms. The normalized spacial score (nSPS) is 22.0. The predicted molar refractivity (Wildman–Crippen MR) is 71.0 cm³/mol. The number of nitrogens with zero attached hydrogens (tertiary/aromatic N) is 1. The van der Waals surface area contributed by atoms with E-state index >= 15 is 0 Å². The Hall–Kier alpha value is -0.710. The molecule has 0 spiro atoms. The molecule has 0 radical (unpaired) electrons. The fourth-order valence-electron chi connectivity index (χ4n) is 1.95. The van der Waals surface area contributed by atoms with Crippen LogP contribution in [0.2, 0.25) is 0 Å². The third-order valence-corrected chi connectivity index (χ3v) is 4.05. The number of rotatable bonds is 4. The number of amides is 2. The van der Waals surface area contributed by atoms with Crippen molar-refractivity contribution in [1.29, 1.82) is 0 Å². The first-order valence-electron chi connectivity index (χ1n) is 6.08. The van der Waals surface area contributed by atoms with E-state index in [-0.39, 0.29) is 17.9 Å². The summed E-state index contributed by atoms with van der Waals surface area (Å²) in [7, 11) is 0. The standard InChI is InChI=1S/C12H22N2O2S/c1-5-17-8-9(2)14-7-6-10(15)13-12(3,4)11(14)16/h9H,5-8H2,1-4H3,(H,13,15). The number of nitrogens with one attached hydrogen (secondary N) is 1. The molecule has 4 nitrogen and oxygen atoms in total. The molecule has 1 atom stereocenters. The van der Waals surface area contributed by atoms with Gasteiger partial charge in [-0.2, -0.15) is 11.8 Å². The number of hydrogen-bond acceptors (Lipinski definition) is 3. The summed E-state index contributed by atoms with van der Waals surface area (Å²) in [6.45, 7) is 8.22. The molecule has 1 fully saturated rings. The van der Waals surface area contributed by atoms with Gasteiger partial charge in [-0.3, -0.25) is 9.59 Å². The van der Waals surface area contributed by atoms with Gasteiger partial charge in [0.2, 0.25) is 11.8 Å². The second kappa shape index (κ2) is 5.76. The van der Waals surface area contributed by atoms with Gasteiger partial charge in [0.05, 0.1) is 0 Å². The van der Waals surface area contributed by atoms with Crippen molar-refractivity contribution in [3.05, 3.63) is 0 Å². The Bertz CT molecular complexity index is 305. The molecule has 0 aromatic carbocycles. The maximum atomic E-state index is 12.3. The lowest BCUT2D eigenvalue weighted by atomic mass is 10.0. The second-order valence-corrected chi connectivity index (χ2v) is 6.25. The van der Waals surface area contributed by atoms with E-state index in [0.717, 1.165) is 11.5 Å². The largest absolute Gasteiger partial charge is 0.342 e. The molecule has 1 unspecified atom stereocenters. The first kappa shape index (κ1) is 14.4. The molecule has 1 aliphatic rings. The molecule has 0 aromatic rings. The van der Waals surface area contributed by atoms with Gasteiger partial charge in [0, 0.05) is 24.8 Å². The molecule has 1 N–H and O–H groups in total. The Morgan fingerprint density at radius 3 is 2.71 bits per heavy atom. The first-order valence-corrected chi connectivity index (χ1v) is 7.23. The summed E-state index contributed by atoms with van der Waals surface area (Å²) in [6, 6.07) is 0.180. The predicted octanol–water partition coefficient (Wildman–Crippen LogP) is 1.26. The first-order chi connectivity index (χ1) is 7.88. The van der Waals surface area contributed by atoms with Gasteiger partial charge < -0.3 is 10.2 Å². The van der Waals surface area contributed by atoms with Gasteiger partial charge in [0.15, 0.2) is 0 Å². The molecular formula is C12H22N2O2S. The van der Waals surface area contributed by atoms with E-state index in [1.54, 1.807) is 13.8 Å². The van der Waals surface area contributed by atoms with Crippen LogP contribution in [0.3, 0.4) is 0 Å². The summed E-state index contributed by atoms with van der Waals surface area (Å²) >= 11 is 1.82.